The van der Waals surface area contributed by atoms with Gasteiger partial charge in [0.05, 0.1) is 6.10 Å². The van der Waals surface area contributed by atoms with Crippen molar-refractivity contribution in [2.75, 3.05) is 32.8 Å². The number of nitrogens with two attached hydrogens (primary N) is 1. The van der Waals surface area contributed by atoms with Crippen LogP contribution in [0.5, 0.6) is 5.75 Å². The number of primary amides is 1. The molecular formula is C16H22ClN3O4. The molecule has 1 saturated heterocycles. The van der Waals surface area contributed by atoms with E-state index >= 15 is 0 Å². The molecule has 0 unspecified atom stereocenters. The number of hydrogen-bond acceptors (Lipinski definition) is 5. The van der Waals surface area contributed by atoms with Gasteiger partial charge in [0.15, 0.2) is 6.61 Å². The van der Waals surface area contributed by atoms with Crippen LogP contribution in [0.25, 0.3) is 0 Å². The van der Waals surface area contributed by atoms with Gasteiger partial charge in [-0.1, -0.05) is 11.6 Å². The van der Waals surface area contributed by atoms with Gasteiger partial charge in [0, 0.05) is 50.2 Å². The Balaban J connectivity index is 2.10. The minimum atomic E-state index is -0.620. The van der Waals surface area contributed by atoms with E-state index in [9.17, 15) is 14.7 Å². The molecule has 0 saturated carbocycles. The Kier molecular flexibility index (Phi) is 6.42. The average Bonchev–Trinajstić information content (AvgIpc) is 2.68. The van der Waals surface area contributed by atoms with E-state index in [2.05, 4.69) is 0 Å². The lowest BCUT2D eigenvalue weighted by Gasteiger charge is -2.22. The third-order valence-electron chi connectivity index (χ3n) is 3.82. The molecule has 24 heavy (non-hydrogen) atoms. The van der Waals surface area contributed by atoms with Crippen molar-refractivity contribution in [1.29, 1.82) is 0 Å². The van der Waals surface area contributed by atoms with Crippen molar-refractivity contribution >= 4 is 23.4 Å². The summed E-state index contributed by atoms with van der Waals surface area (Å²) in [5, 5.41) is 10.7. The summed E-state index contributed by atoms with van der Waals surface area (Å²) in [5.41, 5.74) is 5.91. The molecule has 1 atom stereocenters. The fourth-order valence-corrected chi connectivity index (χ4v) is 2.88. The van der Waals surface area contributed by atoms with E-state index < -0.39 is 12.0 Å². The third kappa shape index (κ3) is 5.36. The van der Waals surface area contributed by atoms with E-state index in [1.165, 1.54) is 6.92 Å². The zero-order valence-electron chi connectivity index (χ0n) is 13.6. The van der Waals surface area contributed by atoms with Crippen molar-refractivity contribution in [3.8, 4) is 5.75 Å². The summed E-state index contributed by atoms with van der Waals surface area (Å²) in [6.45, 7) is 3.70. The highest BCUT2D eigenvalue weighted by atomic mass is 35.5. The average molecular weight is 356 g/mol. The van der Waals surface area contributed by atoms with Crippen LogP contribution >= 0.6 is 11.6 Å². The number of nitrogens with zero attached hydrogens (tertiary/aromatic N) is 2. The molecule has 8 heteroatoms. The second-order valence-electron chi connectivity index (χ2n) is 5.86. The van der Waals surface area contributed by atoms with Crippen LogP contribution in [0.1, 0.15) is 12.5 Å². The number of β-amino-alcohol motifs (C(OH)–C–C–N with tert-alkyl or cyclic N) is 1. The van der Waals surface area contributed by atoms with Crippen LogP contribution in [-0.4, -0.2) is 65.6 Å². The molecule has 0 aliphatic carbocycles. The highest BCUT2D eigenvalue weighted by molar-refractivity contribution is 6.30. The summed E-state index contributed by atoms with van der Waals surface area (Å²) in [6.07, 6.45) is -0.620. The monoisotopic (exact) mass is 355 g/mol. The Labute approximate surface area is 145 Å². The van der Waals surface area contributed by atoms with E-state index in [4.69, 9.17) is 22.1 Å². The fraction of sp³-hybridized carbons (Fsp3) is 0.500. The molecular weight excluding hydrogens is 334 g/mol. The standard InChI is InChI=1S/C16H22ClN3O4/c1-11(21)20-5-4-19(8-14(22)9-20)7-12-6-13(17)2-3-15(12)24-10-16(18)23/h2-3,6,14,22H,4-5,7-10H2,1H3,(H2,18,23)/t14-/m0/s1. The number of carbonyl (C=O) groups excluding carboxylic acids is 2. The lowest BCUT2D eigenvalue weighted by atomic mass is 10.1. The molecule has 1 aromatic carbocycles. The molecule has 0 radical (unpaired) electrons. The maximum Gasteiger partial charge on any atom is 0.255 e. The van der Waals surface area contributed by atoms with Gasteiger partial charge >= 0.3 is 0 Å². The van der Waals surface area contributed by atoms with Gasteiger partial charge < -0.3 is 20.5 Å². The van der Waals surface area contributed by atoms with Gasteiger partial charge in [0.25, 0.3) is 5.91 Å². The van der Waals surface area contributed by atoms with Gasteiger partial charge in [-0.15, -0.1) is 0 Å². The first-order valence-corrected chi connectivity index (χ1v) is 8.08. The van der Waals surface area contributed by atoms with E-state index in [-0.39, 0.29) is 12.5 Å². The molecule has 1 aliphatic heterocycles. The maximum absolute atomic E-state index is 11.5. The van der Waals surface area contributed by atoms with E-state index in [0.717, 1.165) is 5.56 Å². The van der Waals surface area contributed by atoms with Gasteiger partial charge in [0.2, 0.25) is 5.91 Å². The second-order valence-corrected chi connectivity index (χ2v) is 6.30. The Bertz CT molecular complexity index is 611. The van der Waals surface area contributed by atoms with Gasteiger partial charge in [-0.25, -0.2) is 0 Å². The summed E-state index contributed by atoms with van der Waals surface area (Å²) in [5.74, 6) is -0.0808. The van der Waals surface area contributed by atoms with Gasteiger partial charge in [0.1, 0.15) is 5.75 Å². The van der Waals surface area contributed by atoms with Crippen molar-refractivity contribution in [2.24, 2.45) is 5.73 Å². The molecule has 3 N–H and O–H groups in total. The molecule has 1 fully saturated rings. The van der Waals surface area contributed by atoms with Gasteiger partial charge in [-0.05, 0) is 18.2 Å². The van der Waals surface area contributed by atoms with Crippen LogP contribution < -0.4 is 10.5 Å². The number of rotatable bonds is 5. The predicted octanol–water partition coefficient (Wildman–Crippen LogP) is 0.229. The first kappa shape index (κ1) is 18.5. The minimum absolute atomic E-state index is 0.0517. The van der Waals surface area contributed by atoms with Crippen molar-refractivity contribution in [3.05, 3.63) is 28.8 Å². The minimum Gasteiger partial charge on any atom is -0.483 e. The second kappa shape index (κ2) is 8.32. The molecule has 0 aromatic heterocycles. The SMILES string of the molecule is CC(=O)N1CCN(Cc2cc(Cl)ccc2OCC(N)=O)C[C@H](O)C1. The Morgan fingerprint density at radius 1 is 1.38 bits per heavy atom. The van der Waals surface area contributed by atoms with E-state index in [1.54, 1.807) is 23.1 Å². The smallest absolute Gasteiger partial charge is 0.255 e. The topological polar surface area (TPSA) is 96.1 Å². The molecule has 2 rings (SSSR count). The summed E-state index contributed by atoms with van der Waals surface area (Å²) in [7, 11) is 0. The molecule has 2 amide bonds. The molecule has 1 aliphatic rings. The fourth-order valence-electron chi connectivity index (χ4n) is 2.69. The molecule has 1 aromatic rings. The normalized spacial score (nSPS) is 19.0. The number of aliphatic hydroxyl groups is 1. The zero-order valence-corrected chi connectivity index (χ0v) is 14.3. The van der Waals surface area contributed by atoms with Gasteiger partial charge in [-0.3, -0.25) is 14.5 Å². The maximum atomic E-state index is 11.5. The number of amides is 2. The molecule has 0 spiro atoms. The number of carbonyl (C=O) groups is 2. The summed E-state index contributed by atoms with van der Waals surface area (Å²) >= 11 is 6.05. The number of ether oxygens (including phenoxy) is 1. The van der Waals surface area contributed by atoms with Crippen molar-refractivity contribution in [1.82, 2.24) is 9.80 Å². The van der Waals surface area contributed by atoms with Crippen LogP contribution in [-0.2, 0) is 16.1 Å². The molecule has 132 valence electrons. The number of hydrogen-bond donors (Lipinski definition) is 2. The highest BCUT2D eigenvalue weighted by Gasteiger charge is 2.23. The first-order chi connectivity index (χ1) is 11.3. The predicted molar refractivity (Wildman–Crippen MR) is 89.7 cm³/mol. The first-order valence-electron chi connectivity index (χ1n) is 7.70. The van der Waals surface area contributed by atoms with Crippen LogP contribution in [0, 0.1) is 0 Å². The third-order valence-corrected chi connectivity index (χ3v) is 4.05. The lowest BCUT2D eigenvalue weighted by molar-refractivity contribution is -0.129. The Morgan fingerprint density at radius 2 is 2.12 bits per heavy atom. The van der Waals surface area contributed by atoms with E-state index in [0.29, 0.717) is 43.5 Å². The quantitative estimate of drug-likeness (QED) is 0.788. The number of benzene rings is 1. The van der Waals surface area contributed by atoms with Crippen LogP contribution in [0.15, 0.2) is 18.2 Å². The van der Waals surface area contributed by atoms with Crippen molar-refractivity contribution < 1.29 is 19.4 Å². The Hall–Kier alpha value is -1.83. The van der Waals surface area contributed by atoms with Crippen molar-refractivity contribution in [2.45, 2.75) is 19.6 Å². The molecule has 1 heterocycles. The van der Waals surface area contributed by atoms with E-state index in [1.807, 2.05) is 4.90 Å². The largest absolute Gasteiger partial charge is 0.483 e. The summed E-state index contributed by atoms with van der Waals surface area (Å²) in [4.78, 5) is 26.1. The summed E-state index contributed by atoms with van der Waals surface area (Å²) < 4.78 is 5.43. The van der Waals surface area contributed by atoms with Crippen LogP contribution in [0.4, 0.5) is 0 Å². The number of aliphatic hydroxyl groups excluding tert-OH is 1. The Morgan fingerprint density at radius 3 is 2.79 bits per heavy atom. The van der Waals surface area contributed by atoms with Crippen LogP contribution in [0.2, 0.25) is 5.02 Å². The number of halogens is 1. The zero-order chi connectivity index (χ0) is 17.7. The lowest BCUT2D eigenvalue weighted by Crippen LogP contribution is -2.36. The molecule has 0 bridgehead atoms. The van der Waals surface area contributed by atoms with Crippen molar-refractivity contribution in [3.63, 3.8) is 0 Å². The molecule has 7 nitrogen and oxygen atoms in total. The van der Waals surface area contributed by atoms with Crippen LogP contribution in [0.3, 0.4) is 0 Å². The van der Waals surface area contributed by atoms with Gasteiger partial charge in [-0.2, -0.15) is 0 Å². The summed E-state index contributed by atoms with van der Waals surface area (Å²) in [6, 6.07) is 5.13. The highest BCUT2D eigenvalue weighted by Crippen LogP contribution is 2.25.